The Morgan fingerprint density at radius 3 is 2.57 bits per heavy atom. The highest BCUT2D eigenvalue weighted by Gasteiger charge is 2.47. The molecular weight excluding hydrogens is 268 g/mol. The Balaban J connectivity index is 1.82. The van der Waals surface area contributed by atoms with Crippen molar-refractivity contribution in [2.24, 2.45) is 11.8 Å². The largest absolute Gasteiger partial charge is 0.494 e. The molecule has 0 heterocycles. The third-order valence-corrected chi connectivity index (χ3v) is 3.32. The van der Waals surface area contributed by atoms with E-state index in [0.29, 0.717) is 25.3 Å². The van der Waals surface area contributed by atoms with Crippen molar-refractivity contribution in [2.75, 3.05) is 18.5 Å². The molecule has 0 saturated heterocycles. The highest BCUT2D eigenvalue weighted by atomic mass is 16.5. The number of hydrogen-bond donors (Lipinski definition) is 2. The van der Waals surface area contributed by atoms with Crippen LogP contribution in [0.3, 0.4) is 0 Å². The molecule has 2 unspecified atom stereocenters. The lowest BCUT2D eigenvalue weighted by Crippen LogP contribution is -2.27. The highest BCUT2D eigenvalue weighted by Crippen LogP contribution is 2.39. The standard InChI is InChI=1S/C16H20N2O3/c1-3-9-17-15(19)13-10-14(13)16(20)18-11-5-7-12(8-6-11)21-4-2/h3,5-8,13-14H,1,4,9-10H2,2H3,(H,17,19)(H,18,20). The van der Waals surface area contributed by atoms with Crippen LogP contribution in [0.15, 0.2) is 36.9 Å². The maximum Gasteiger partial charge on any atom is 0.228 e. The Kier molecular flexibility index (Phi) is 4.98. The molecule has 2 amide bonds. The van der Waals surface area contributed by atoms with Crippen LogP contribution in [0, 0.1) is 11.8 Å². The van der Waals surface area contributed by atoms with Crippen LogP contribution in [-0.2, 0) is 9.59 Å². The van der Waals surface area contributed by atoms with Gasteiger partial charge in [0.1, 0.15) is 5.75 Å². The Morgan fingerprint density at radius 1 is 1.29 bits per heavy atom. The minimum Gasteiger partial charge on any atom is -0.494 e. The van der Waals surface area contributed by atoms with Crippen molar-refractivity contribution in [3.8, 4) is 5.75 Å². The number of carbonyl (C=O) groups is 2. The quantitative estimate of drug-likeness (QED) is 0.754. The van der Waals surface area contributed by atoms with Gasteiger partial charge in [-0.1, -0.05) is 6.08 Å². The SMILES string of the molecule is C=CCNC(=O)C1CC1C(=O)Nc1ccc(OCC)cc1. The van der Waals surface area contributed by atoms with Gasteiger partial charge in [0, 0.05) is 12.2 Å². The molecular formula is C16H20N2O3. The highest BCUT2D eigenvalue weighted by molar-refractivity contribution is 5.99. The van der Waals surface area contributed by atoms with Gasteiger partial charge in [-0.05, 0) is 37.6 Å². The fourth-order valence-electron chi connectivity index (χ4n) is 2.11. The predicted octanol–water partition coefficient (Wildman–Crippen LogP) is 1.96. The molecule has 5 heteroatoms. The minimum atomic E-state index is -0.235. The molecule has 1 aromatic carbocycles. The number of ether oxygens (including phenoxy) is 1. The summed E-state index contributed by atoms with van der Waals surface area (Å²) in [4.78, 5) is 23.7. The molecule has 0 aromatic heterocycles. The molecule has 0 bridgehead atoms. The van der Waals surface area contributed by atoms with Gasteiger partial charge in [0.15, 0.2) is 0 Å². The molecule has 1 fully saturated rings. The van der Waals surface area contributed by atoms with E-state index in [1.54, 1.807) is 30.3 Å². The van der Waals surface area contributed by atoms with Gasteiger partial charge in [-0.3, -0.25) is 9.59 Å². The number of nitrogens with one attached hydrogen (secondary N) is 2. The van der Waals surface area contributed by atoms with E-state index in [1.807, 2.05) is 6.92 Å². The van der Waals surface area contributed by atoms with Crippen LogP contribution in [0.25, 0.3) is 0 Å². The van der Waals surface area contributed by atoms with Gasteiger partial charge >= 0.3 is 0 Å². The maximum atomic E-state index is 12.0. The molecule has 2 atom stereocenters. The molecule has 112 valence electrons. The van der Waals surface area contributed by atoms with Gasteiger partial charge in [-0.25, -0.2) is 0 Å². The van der Waals surface area contributed by atoms with Crippen LogP contribution in [0.2, 0.25) is 0 Å². The van der Waals surface area contributed by atoms with Gasteiger partial charge in [-0.2, -0.15) is 0 Å². The molecule has 1 saturated carbocycles. The van der Waals surface area contributed by atoms with Crippen molar-refractivity contribution in [2.45, 2.75) is 13.3 Å². The summed E-state index contributed by atoms with van der Waals surface area (Å²) in [6.07, 6.45) is 2.22. The van der Waals surface area contributed by atoms with E-state index in [-0.39, 0.29) is 23.7 Å². The average Bonchev–Trinajstić information content (AvgIpc) is 3.28. The van der Waals surface area contributed by atoms with Gasteiger partial charge in [-0.15, -0.1) is 6.58 Å². The molecule has 0 spiro atoms. The van der Waals surface area contributed by atoms with Crippen molar-refractivity contribution in [3.63, 3.8) is 0 Å². The summed E-state index contributed by atoms with van der Waals surface area (Å²) >= 11 is 0. The van der Waals surface area contributed by atoms with Crippen LogP contribution in [0.1, 0.15) is 13.3 Å². The maximum absolute atomic E-state index is 12.0. The lowest BCUT2D eigenvalue weighted by molar-refractivity contribution is -0.125. The summed E-state index contributed by atoms with van der Waals surface area (Å²) in [6.45, 7) is 6.49. The third-order valence-electron chi connectivity index (χ3n) is 3.32. The zero-order valence-electron chi connectivity index (χ0n) is 12.1. The van der Waals surface area contributed by atoms with E-state index in [4.69, 9.17) is 4.74 Å². The first kappa shape index (κ1) is 15.1. The summed E-state index contributed by atoms with van der Waals surface area (Å²) < 4.78 is 5.34. The fraction of sp³-hybridized carbons (Fsp3) is 0.375. The Labute approximate surface area is 124 Å². The van der Waals surface area contributed by atoms with Gasteiger partial charge < -0.3 is 15.4 Å². The zero-order chi connectivity index (χ0) is 15.2. The van der Waals surface area contributed by atoms with Crippen LogP contribution < -0.4 is 15.4 Å². The second-order valence-electron chi connectivity index (χ2n) is 4.93. The lowest BCUT2D eigenvalue weighted by atomic mass is 10.2. The summed E-state index contributed by atoms with van der Waals surface area (Å²) in [5.41, 5.74) is 0.709. The van der Waals surface area contributed by atoms with Crippen LogP contribution in [0.4, 0.5) is 5.69 Å². The van der Waals surface area contributed by atoms with Crippen molar-refractivity contribution >= 4 is 17.5 Å². The predicted molar refractivity (Wildman–Crippen MR) is 81.0 cm³/mol. The Hall–Kier alpha value is -2.30. The van der Waals surface area contributed by atoms with E-state index in [2.05, 4.69) is 17.2 Å². The summed E-state index contributed by atoms with van der Waals surface area (Å²) in [5.74, 6) is 0.122. The van der Waals surface area contributed by atoms with E-state index >= 15 is 0 Å². The summed E-state index contributed by atoms with van der Waals surface area (Å²) in [7, 11) is 0. The third kappa shape index (κ3) is 4.08. The fourth-order valence-corrected chi connectivity index (χ4v) is 2.11. The molecule has 1 aromatic rings. The molecule has 0 aliphatic heterocycles. The smallest absolute Gasteiger partial charge is 0.228 e. The number of amides is 2. The normalized spacial score (nSPS) is 19.5. The first-order chi connectivity index (χ1) is 10.2. The molecule has 2 rings (SSSR count). The first-order valence-electron chi connectivity index (χ1n) is 7.08. The average molecular weight is 288 g/mol. The first-order valence-corrected chi connectivity index (χ1v) is 7.08. The van der Waals surface area contributed by atoms with Crippen molar-refractivity contribution < 1.29 is 14.3 Å². The van der Waals surface area contributed by atoms with Crippen molar-refractivity contribution in [1.82, 2.24) is 5.32 Å². The van der Waals surface area contributed by atoms with E-state index in [1.165, 1.54) is 0 Å². The molecule has 1 aliphatic carbocycles. The number of rotatable bonds is 7. The molecule has 0 radical (unpaired) electrons. The summed E-state index contributed by atoms with van der Waals surface area (Å²) in [6, 6.07) is 7.19. The Bertz CT molecular complexity index is 525. The lowest BCUT2D eigenvalue weighted by Gasteiger charge is -2.07. The van der Waals surface area contributed by atoms with Crippen LogP contribution >= 0.6 is 0 Å². The Morgan fingerprint density at radius 2 is 1.95 bits per heavy atom. The minimum absolute atomic E-state index is 0.0817. The number of anilines is 1. The van der Waals surface area contributed by atoms with Gasteiger partial charge in [0.05, 0.1) is 18.4 Å². The molecule has 1 aliphatic rings. The van der Waals surface area contributed by atoms with E-state index < -0.39 is 0 Å². The monoisotopic (exact) mass is 288 g/mol. The number of carbonyl (C=O) groups excluding carboxylic acids is 2. The van der Waals surface area contributed by atoms with E-state index in [9.17, 15) is 9.59 Å². The zero-order valence-corrected chi connectivity index (χ0v) is 12.1. The summed E-state index contributed by atoms with van der Waals surface area (Å²) in [5, 5.41) is 5.53. The topological polar surface area (TPSA) is 67.4 Å². The van der Waals surface area contributed by atoms with Crippen molar-refractivity contribution in [1.29, 1.82) is 0 Å². The van der Waals surface area contributed by atoms with Crippen molar-refractivity contribution in [3.05, 3.63) is 36.9 Å². The van der Waals surface area contributed by atoms with Gasteiger partial charge in [0.25, 0.3) is 0 Å². The number of hydrogen-bond acceptors (Lipinski definition) is 3. The second kappa shape index (κ2) is 6.92. The van der Waals surface area contributed by atoms with Gasteiger partial charge in [0.2, 0.25) is 11.8 Å². The van der Waals surface area contributed by atoms with Crippen LogP contribution in [-0.4, -0.2) is 25.0 Å². The number of benzene rings is 1. The van der Waals surface area contributed by atoms with E-state index in [0.717, 1.165) is 5.75 Å². The second-order valence-corrected chi connectivity index (χ2v) is 4.93. The molecule has 21 heavy (non-hydrogen) atoms. The molecule has 5 nitrogen and oxygen atoms in total. The molecule has 2 N–H and O–H groups in total. The van der Waals surface area contributed by atoms with Crippen LogP contribution in [0.5, 0.6) is 5.75 Å².